The van der Waals surface area contributed by atoms with E-state index in [2.05, 4.69) is 24.1 Å². The van der Waals surface area contributed by atoms with E-state index in [0.29, 0.717) is 6.10 Å². The number of hydrogen-bond acceptors (Lipinski definition) is 4. The Balaban J connectivity index is 1.68. The van der Waals surface area contributed by atoms with E-state index in [1.54, 1.807) is 0 Å². The number of hydrogen-bond donors (Lipinski definition) is 1. The van der Waals surface area contributed by atoms with Crippen LogP contribution in [0.25, 0.3) is 0 Å². The molecule has 18 heavy (non-hydrogen) atoms. The van der Waals surface area contributed by atoms with Crippen molar-refractivity contribution < 1.29 is 9.15 Å². The predicted octanol–water partition coefficient (Wildman–Crippen LogP) is 1.65. The van der Waals surface area contributed by atoms with E-state index < -0.39 is 0 Å². The molecule has 0 radical (unpaired) electrons. The smallest absolute Gasteiger partial charge is 0.117 e. The molecule has 4 heteroatoms. The highest BCUT2D eigenvalue weighted by Crippen LogP contribution is 2.08. The van der Waals surface area contributed by atoms with Crippen molar-refractivity contribution in [2.45, 2.75) is 32.9 Å². The highest BCUT2D eigenvalue weighted by Gasteiger charge is 2.18. The number of aryl methyl sites for hydroxylation is 1. The largest absolute Gasteiger partial charge is 0.465 e. The normalized spacial score (nSPS) is 21.3. The van der Waals surface area contributed by atoms with Crippen LogP contribution in [0, 0.1) is 0 Å². The van der Waals surface area contributed by atoms with Crippen molar-refractivity contribution >= 4 is 0 Å². The molecule has 0 saturated carbocycles. The zero-order valence-corrected chi connectivity index (χ0v) is 11.4. The van der Waals surface area contributed by atoms with Crippen LogP contribution in [0.15, 0.2) is 16.5 Å². The Morgan fingerprint density at radius 1 is 1.33 bits per heavy atom. The minimum atomic E-state index is 0.305. The van der Waals surface area contributed by atoms with E-state index >= 15 is 0 Å². The molecule has 1 unspecified atom stereocenters. The van der Waals surface area contributed by atoms with Gasteiger partial charge in [-0.15, -0.1) is 0 Å². The van der Waals surface area contributed by atoms with E-state index in [-0.39, 0.29) is 0 Å². The summed E-state index contributed by atoms with van der Waals surface area (Å²) in [5, 5.41) is 3.41. The SMILES string of the molecule is CCc1ccc(CNCC2CN(CC)CCO2)o1. The van der Waals surface area contributed by atoms with Gasteiger partial charge in [-0.1, -0.05) is 13.8 Å². The van der Waals surface area contributed by atoms with Crippen LogP contribution in [0.3, 0.4) is 0 Å². The number of morpholine rings is 1. The van der Waals surface area contributed by atoms with Crippen LogP contribution in [-0.4, -0.2) is 43.8 Å². The maximum Gasteiger partial charge on any atom is 0.117 e. The zero-order valence-electron chi connectivity index (χ0n) is 11.4. The highest BCUT2D eigenvalue weighted by atomic mass is 16.5. The Labute approximate surface area is 109 Å². The van der Waals surface area contributed by atoms with Crippen LogP contribution in [0.5, 0.6) is 0 Å². The van der Waals surface area contributed by atoms with Gasteiger partial charge in [0.2, 0.25) is 0 Å². The molecule has 1 fully saturated rings. The summed E-state index contributed by atoms with van der Waals surface area (Å²) in [6, 6.07) is 4.10. The molecule has 4 nitrogen and oxygen atoms in total. The van der Waals surface area contributed by atoms with Crippen molar-refractivity contribution in [3.05, 3.63) is 23.7 Å². The summed E-state index contributed by atoms with van der Waals surface area (Å²) < 4.78 is 11.4. The Kier molecular flexibility index (Phi) is 5.23. The van der Waals surface area contributed by atoms with Gasteiger partial charge in [0, 0.05) is 26.1 Å². The predicted molar refractivity (Wildman–Crippen MR) is 71.6 cm³/mol. The third kappa shape index (κ3) is 3.83. The van der Waals surface area contributed by atoms with Crippen LogP contribution in [-0.2, 0) is 17.7 Å². The quantitative estimate of drug-likeness (QED) is 0.835. The van der Waals surface area contributed by atoms with Gasteiger partial charge in [-0.3, -0.25) is 4.90 Å². The van der Waals surface area contributed by atoms with Crippen LogP contribution in [0.4, 0.5) is 0 Å². The summed E-state index contributed by atoms with van der Waals surface area (Å²) in [6.45, 7) is 10.0. The lowest BCUT2D eigenvalue weighted by atomic mass is 10.2. The summed E-state index contributed by atoms with van der Waals surface area (Å²) in [5.41, 5.74) is 0. The van der Waals surface area contributed by atoms with Gasteiger partial charge in [0.25, 0.3) is 0 Å². The molecule has 0 aliphatic carbocycles. The molecule has 0 aromatic carbocycles. The van der Waals surface area contributed by atoms with Crippen molar-refractivity contribution in [1.82, 2.24) is 10.2 Å². The lowest BCUT2D eigenvalue weighted by Crippen LogP contribution is -2.46. The molecule has 0 bridgehead atoms. The number of nitrogens with one attached hydrogen (secondary N) is 1. The number of likely N-dealkylation sites (N-methyl/N-ethyl adjacent to an activating group) is 1. The highest BCUT2D eigenvalue weighted by molar-refractivity contribution is 5.06. The molecule has 1 N–H and O–H groups in total. The van der Waals surface area contributed by atoms with Crippen LogP contribution >= 0.6 is 0 Å². The van der Waals surface area contributed by atoms with E-state index in [9.17, 15) is 0 Å². The number of rotatable bonds is 6. The van der Waals surface area contributed by atoms with Crippen molar-refractivity contribution in [2.75, 3.05) is 32.8 Å². The molecule has 2 rings (SSSR count). The third-order valence-electron chi connectivity index (χ3n) is 3.41. The van der Waals surface area contributed by atoms with Gasteiger partial charge >= 0.3 is 0 Å². The average molecular weight is 252 g/mol. The van der Waals surface area contributed by atoms with Crippen molar-refractivity contribution in [1.29, 1.82) is 0 Å². The standard InChI is InChI=1S/C14H24N2O2/c1-3-12-5-6-13(18-12)9-15-10-14-11-16(4-2)7-8-17-14/h5-6,14-15H,3-4,7-11H2,1-2H3. The first-order valence-electron chi connectivity index (χ1n) is 6.94. The lowest BCUT2D eigenvalue weighted by molar-refractivity contribution is -0.0255. The van der Waals surface area contributed by atoms with E-state index in [1.807, 2.05) is 12.1 Å². The second-order valence-electron chi connectivity index (χ2n) is 4.74. The molecule has 1 aromatic heterocycles. The second kappa shape index (κ2) is 6.92. The first-order chi connectivity index (χ1) is 8.81. The maximum atomic E-state index is 5.74. The molecule has 0 amide bonds. The van der Waals surface area contributed by atoms with Gasteiger partial charge in [0.1, 0.15) is 11.5 Å². The van der Waals surface area contributed by atoms with Gasteiger partial charge in [0.05, 0.1) is 19.3 Å². The minimum absolute atomic E-state index is 0.305. The Bertz CT molecular complexity index is 351. The fourth-order valence-corrected chi connectivity index (χ4v) is 2.25. The van der Waals surface area contributed by atoms with Crippen LogP contribution in [0.2, 0.25) is 0 Å². The van der Waals surface area contributed by atoms with E-state index in [4.69, 9.17) is 9.15 Å². The maximum absolute atomic E-state index is 5.74. The topological polar surface area (TPSA) is 37.6 Å². The van der Waals surface area contributed by atoms with E-state index in [0.717, 1.165) is 57.3 Å². The van der Waals surface area contributed by atoms with Gasteiger partial charge in [-0.05, 0) is 18.7 Å². The summed E-state index contributed by atoms with van der Waals surface area (Å²) in [4.78, 5) is 2.43. The Hall–Kier alpha value is -0.840. The fraction of sp³-hybridized carbons (Fsp3) is 0.714. The second-order valence-corrected chi connectivity index (χ2v) is 4.74. The van der Waals surface area contributed by atoms with E-state index in [1.165, 1.54) is 0 Å². The summed E-state index contributed by atoms with van der Waals surface area (Å²) in [6.07, 6.45) is 1.26. The molecule has 2 heterocycles. The summed E-state index contributed by atoms with van der Waals surface area (Å²) >= 11 is 0. The van der Waals surface area contributed by atoms with Gasteiger partial charge in [-0.2, -0.15) is 0 Å². The lowest BCUT2D eigenvalue weighted by Gasteiger charge is -2.32. The summed E-state index contributed by atoms with van der Waals surface area (Å²) in [5.74, 6) is 2.06. The molecule has 1 aliphatic heterocycles. The molecular formula is C14H24N2O2. The molecule has 102 valence electrons. The molecule has 1 atom stereocenters. The minimum Gasteiger partial charge on any atom is -0.465 e. The molecular weight excluding hydrogens is 228 g/mol. The van der Waals surface area contributed by atoms with Crippen LogP contribution < -0.4 is 5.32 Å². The first-order valence-corrected chi connectivity index (χ1v) is 6.94. The monoisotopic (exact) mass is 252 g/mol. The Morgan fingerprint density at radius 3 is 2.89 bits per heavy atom. The number of ether oxygens (including phenoxy) is 1. The number of nitrogens with zero attached hydrogens (tertiary/aromatic N) is 1. The third-order valence-corrected chi connectivity index (χ3v) is 3.41. The average Bonchev–Trinajstić information content (AvgIpc) is 2.87. The van der Waals surface area contributed by atoms with Crippen molar-refractivity contribution in [3.8, 4) is 0 Å². The van der Waals surface area contributed by atoms with Gasteiger partial charge in [0.15, 0.2) is 0 Å². The molecule has 1 aromatic rings. The van der Waals surface area contributed by atoms with Crippen molar-refractivity contribution in [3.63, 3.8) is 0 Å². The fourth-order valence-electron chi connectivity index (χ4n) is 2.25. The molecule has 0 spiro atoms. The first kappa shape index (κ1) is 13.6. The number of furan rings is 1. The van der Waals surface area contributed by atoms with Crippen LogP contribution in [0.1, 0.15) is 25.4 Å². The van der Waals surface area contributed by atoms with Gasteiger partial charge < -0.3 is 14.5 Å². The Morgan fingerprint density at radius 2 is 2.17 bits per heavy atom. The molecule has 1 aliphatic rings. The van der Waals surface area contributed by atoms with Crippen molar-refractivity contribution in [2.24, 2.45) is 0 Å². The zero-order chi connectivity index (χ0) is 12.8. The summed E-state index contributed by atoms with van der Waals surface area (Å²) in [7, 11) is 0. The molecule has 1 saturated heterocycles. The van der Waals surface area contributed by atoms with Gasteiger partial charge in [-0.25, -0.2) is 0 Å².